The predicted molar refractivity (Wildman–Crippen MR) is 43.9 cm³/mol. The predicted octanol–water partition coefficient (Wildman–Crippen LogP) is 0.607. The Hall–Kier alpha value is -1.55. The van der Waals surface area contributed by atoms with E-state index in [1.807, 2.05) is 5.92 Å². The molecule has 0 unspecified atom stereocenters. The summed E-state index contributed by atoms with van der Waals surface area (Å²) in [6, 6.07) is 0. The fourth-order valence-corrected chi connectivity index (χ4v) is 0.250. The van der Waals surface area contributed by atoms with Crippen LogP contribution in [0.2, 0.25) is 0 Å². The molecule has 0 amide bonds. The maximum absolute atomic E-state index is 6.40. The molecule has 0 bridgehead atoms. The van der Waals surface area contributed by atoms with E-state index in [0.717, 1.165) is 0 Å². The van der Waals surface area contributed by atoms with Gasteiger partial charge in [0.25, 0.3) is 0 Å². The van der Waals surface area contributed by atoms with Gasteiger partial charge in [-0.25, -0.2) is 5.92 Å². The second-order valence-corrected chi connectivity index (χ2v) is 1.25. The number of hydrogen-bond donors (Lipinski definition) is 0. The number of rotatable bonds is 0. The molecule has 0 atom stereocenters. The van der Waals surface area contributed by atoms with Gasteiger partial charge in [-0.05, 0) is 36.5 Å². The minimum Gasteiger partial charge on any atom is -0.358 e. The zero-order chi connectivity index (χ0) is 8.36. The molecule has 0 saturated carbocycles. The van der Waals surface area contributed by atoms with E-state index in [-0.39, 0.29) is 20.1 Å². The first-order valence-electron chi connectivity index (χ1n) is 2.75. The van der Waals surface area contributed by atoms with Gasteiger partial charge in [-0.15, -0.1) is 5.92 Å². The molecule has 0 aliphatic rings. The molecule has 0 aromatic carbocycles. The second kappa shape index (κ2) is 12.2. The van der Waals surface area contributed by atoms with Crippen molar-refractivity contribution in [1.82, 2.24) is 0 Å². The van der Waals surface area contributed by atoms with Crippen molar-refractivity contribution < 1.29 is 20.1 Å². The minimum atomic E-state index is 0. The van der Waals surface area contributed by atoms with Crippen molar-refractivity contribution in [2.24, 2.45) is 0 Å². The van der Waals surface area contributed by atoms with Crippen molar-refractivity contribution in [2.45, 2.75) is 6.92 Å². The molecule has 0 aliphatic carbocycles. The summed E-state index contributed by atoms with van der Waals surface area (Å²) in [6.45, 7) is 1.70. The Balaban J connectivity index is 0. The molecule has 0 spiro atoms. The van der Waals surface area contributed by atoms with E-state index in [1.54, 1.807) is 6.92 Å². The average Bonchev–Trinajstić information content (AvgIpc) is 2.03. The molecule has 12 heavy (non-hydrogen) atoms. The molecule has 0 nitrogen and oxygen atoms in total. The van der Waals surface area contributed by atoms with Gasteiger partial charge in [0.2, 0.25) is 0 Å². The molecule has 0 rings (SSSR count). The average molecular weight is 327 g/mol. The van der Waals surface area contributed by atoms with E-state index in [2.05, 4.69) is 47.4 Å². The molecule has 0 heterocycles. The Bertz CT molecular complexity index is 391. The fraction of sp³-hybridized carbons (Fsp3) is 0.0909. The smallest absolute Gasteiger partial charge is 0 e. The maximum atomic E-state index is 6.40. The quantitative estimate of drug-likeness (QED) is 0.452. The summed E-state index contributed by atoms with van der Waals surface area (Å²) in [5.74, 6) is 21.4. The van der Waals surface area contributed by atoms with E-state index >= 15 is 0 Å². The third-order valence-corrected chi connectivity index (χ3v) is 0.562. The van der Waals surface area contributed by atoms with Gasteiger partial charge in [0.15, 0.2) is 0 Å². The van der Waals surface area contributed by atoms with Gasteiger partial charge in [-0.1, -0.05) is 5.92 Å². The maximum Gasteiger partial charge on any atom is 0 e. The van der Waals surface area contributed by atoms with E-state index in [9.17, 15) is 0 Å². The van der Waals surface area contributed by atoms with Crippen LogP contribution in [0, 0.1) is 59.7 Å². The second-order valence-electron chi connectivity index (χ2n) is 1.25. The SMILES string of the molecule is [C-]#CC#CC#CC#CC#CC.[Ir]. The molecule has 0 N–H and O–H groups in total. The number of hydrogen-bond acceptors (Lipinski definition) is 0. The minimum absolute atomic E-state index is 0. The molecule has 1 heteroatoms. The van der Waals surface area contributed by atoms with Gasteiger partial charge in [0.05, 0.1) is 0 Å². The Morgan fingerprint density at radius 3 is 1.58 bits per heavy atom. The van der Waals surface area contributed by atoms with E-state index in [1.165, 1.54) is 0 Å². The third kappa shape index (κ3) is 11.3. The van der Waals surface area contributed by atoms with Gasteiger partial charge in [0, 0.05) is 20.1 Å². The van der Waals surface area contributed by atoms with Gasteiger partial charge in [-0.2, -0.15) is 0 Å². The Kier molecular flexibility index (Phi) is 13.2. The monoisotopic (exact) mass is 328 g/mol. The van der Waals surface area contributed by atoms with Gasteiger partial charge >= 0.3 is 0 Å². The van der Waals surface area contributed by atoms with Crippen LogP contribution in [0.3, 0.4) is 0 Å². The van der Waals surface area contributed by atoms with Gasteiger partial charge < -0.3 is 6.42 Å². The summed E-state index contributed by atoms with van der Waals surface area (Å²) < 4.78 is 0. The molecule has 0 aromatic heterocycles. The molecular formula is C11H3Ir-. The van der Waals surface area contributed by atoms with Crippen molar-refractivity contribution in [3.63, 3.8) is 0 Å². The molecule has 0 aromatic rings. The van der Waals surface area contributed by atoms with Crippen LogP contribution < -0.4 is 0 Å². The summed E-state index contributed by atoms with van der Waals surface area (Å²) in [4.78, 5) is 0. The van der Waals surface area contributed by atoms with Crippen LogP contribution in [-0.2, 0) is 20.1 Å². The van der Waals surface area contributed by atoms with E-state index < -0.39 is 0 Å². The van der Waals surface area contributed by atoms with Crippen molar-refractivity contribution in [3.8, 4) is 53.3 Å². The van der Waals surface area contributed by atoms with Crippen LogP contribution in [0.5, 0.6) is 0 Å². The summed E-state index contributed by atoms with van der Waals surface area (Å²) in [6.07, 6.45) is 6.40. The van der Waals surface area contributed by atoms with Gasteiger partial charge in [-0.3, -0.25) is 5.92 Å². The fourth-order valence-electron chi connectivity index (χ4n) is 0.250. The molecule has 0 saturated heterocycles. The first-order valence-corrected chi connectivity index (χ1v) is 2.75. The Labute approximate surface area is 86.9 Å². The van der Waals surface area contributed by atoms with Crippen LogP contribution in [0.4, 0.5) is 0 Å². The van der Waals surface area contributed by atoms with Crippen molar-refractivity contribution in [3.05, 3.63) is 6.42 Å². The molecule has 0 fully saturated rings. The Morgan fingerprint density at radius 2 is 1.17 bits per heavy atom. The topological polar surface area (TPSA) is 0 Å². The standard InChI is InChI=1S/C11H3.Ir/c1-3-5-7-9-11-10-8-6-4-2;/h1H3;/q-1;. The van der Waals surface area contributed by atoms with E-state index in [4.69, 9.17) is 6.42 Å². The first kappa shape index (κ1) is 13.1. The van der Waals surface area contributed by atoms with Crippen molar-refractivity contribution in [2.75, 3.05) is 0 Å². The van der Waals surface area contributed by atoms with Crippen LogP contribution in [0.25, 0.3) is 0 Å². The van der Waals surface area contributed by atoms with Gasteiger partial charge in [0.1, 0.15) is 0 Å². The van der Waals surface area contributed by atoms with Crippen molar-refractivity contribution >= 4 is 0 Å². The molecular weight excluding hydrogens is 324 g/mol. The zero-order valence-electron chi connectivity index (χ0n) is 6.33. The Morgan fingerprint density at radius 1 is 0.750 bits per heavy atom. The van der Waals surface area contributed by atoms with Crippen molar-refractivity contribution in [1.29, 1.82) is 0 Å². The van der Waals surface area contributed by atoms with Crippen LogP contribution in [0.15, 0.2) is 0 Å². The van der Waals surface area contributed by atoms with Crippen LogP contribution >= 0.6 is 0 Å². The third-order valence-electron chi connectivity index (χ3n) is 0.562. The summed E-state index contributed by atoms with van der Waals surface area (Å²) in [7, 11) is 0. The first-order chi connectivity index (χ1) is 5.41. The zero-order valence-corrected chi connectivity index (χ0v) is 8.73. The van der Waals surface area contributed by atoms with Crippen LogP contribution in [-0.4, -0.2) is 0 Å². The van der Waals surface area contributed by atoms with E-state index in [0.29, 0.717) is 0 Å². The molecule has 0 aliphatic heterocycles. The summed E-state index contributed by atoms with van der Waals surface area (Å²) in [5.41, 5.74) is 0. The normalized spacial score (nSPS) is 3.33. The van der Waals surface area contributed by atoms with Crippen LogP contribution in [0.1, 0.15) is 6.92 Å². The largest absolute Gasteiger partial charge is 0.358 e. The summed E-state index contributed by atoms with van der Waals surface area (Å²) >= 11 is 0. The molecule has 1 radical (unpaired) electrons. The summed E-state index contributed by atoms with van der Waals surface area (Å²) in [5, 5.41) is 0. The molecule has 57 valence electrons.